The van der Waals surface area contributed by atoms with E-state index in [4.69, 9.17) is 10.5 Å². The van der Waals surface area contributed by atoms with Gasteiger partial charge in [0, 0.05) is 30.4 Å². The number of hydrogen-bond acceptors (Lipinski definition) is 11. The molecule has 0 aromatic heterocycles. The van der Waals surface area contributed by atoms with Crippen molar-refractivity contribution in [1.29, 1.82) is 0 Å². The van der Waals surface area contributed by atoms with Crippen molar-refractivity contribution in [2.45, 2.75) is 36.4 Å². The van der Waals surface area contributed by atoms with Crippen LogP contribution in [0.5, 0.6) is 0 Å². The summed E-state index contributed by atoms with van der Waals surface area (Å²) in [6, 6.07) is 6.59. The molecule has 4 amide bonds. The maximum atomic E-state index is 13.0. The molecule has 3 atom stereocenters. The van der Waals surface area contributed by atoms with Gasteiger partial charge in [-0.1, -0.05) is 18.2 Å². The standard InChI is InChI=1S/C23H26N4O10S.2Na/c1-36-23(20(34)27-16(19(32)33)13(10-37-22(24)35)11-38-21(23)27)26-15(28)9-5-8-14(18(30)31)25-17(29)12-6-3-2-4-7-12;;/h2-4,6-7,14,21H,5,8-11H2,1H3,(H2,24,35)(H,25,29)(H,26,28)(H,30,31)(H,32,33);;/q;2*+1/p-2/t14?,21-,23-;;/m0../s1. The van der Waals surface area contributed by atoms with E-state index in [0.717, 1.165) is 23.8 Å². The number of carbonyl (C=O) groups excluding carboxylic acids is 6. The fraction of sp³-hybridized carbons (Fsp3) is 0.391. The Morgan fingerprint density at radius 2 is 1.82 bits per heavy atom. The van der Waals surface area contributed by atoms with Crippen LogP contribution in [0.15, 0.2) is 41.6 Å². The number of carbonyl (C=O) groups is 6. The number of amides is 4. The van der Waals surface area contributed by atoms with Gasteiger partial charge in [-0.25, -0.2) is 4.79 Å². The number of aliphatic carboxylic acids is 2. The topological polar surface area (TPSA) is 220 Å². The number of rotatable bonds is 12. The number of benzene rings is 1. The summed E-state index contributed by atoms with van der Waals surface area (Å²) in [6.45, 7) is -0.463. The number of carboxylic acids is 2. The number of carboxylic acid groups (broad SMARTS) is 2. The van der Waals surface area contributed by atoms with E-state index in [9.17, 15) is 39.0 Å². The minimum atomic E-state index is -1.88. The molecule has 1 saturated heterocycles. The minimum Gasteiger partial charge on any atom is -0.548 e. The summed E-state index contributed by atoms with van der Waals surface area (Å²) in [5, 5.41) is 27.1. The van der Waals surface area contributed by atoms with Gasteiger partial charge in [0.2, 0.25) is 5.91 Å². The predicted molar refractivity (Wildman–Crippen MR) is 125 cm³/mol. The summed E-state index contributed by atoms with van der Waals surface area (Å²) in [6.07, 6.45) is -1.49. The molecule has 204 valence electrons. The Kier molecular flexibility index (Phi) is 14.2. The number of thioether (sulfide) groups is 1. The van der Waals surface area contributed by atoms with Gasteiger partial charge in [0.25, 0.3) is 17.5 Å². The Morgan fingerprint density at radius 1 is 1.18 bits per heavy atom. The molecule has 2 heterocycles. The van der Waals surface area contributed by atoms with Crippen molar-refractivity contribution in [3.05, 3.63) is 47.2 Å². The largest absolute Gasteiger partial charge is 1.00 e. The zero-order valence-electron chi connectivity index (χ0n) is 22.1. The van der Waals surface area contributed by atoms with Gasteiger partial charge >= 0.3 is 65.2 Å². The predicted octanol–water partition coefficient (Wildman–Crippen LogP) is -8.81. The number of hydrogen-bond donors (Lipinski definition) is 3. The van der Waals surface area contributed by atoms with E-state index < -0.39 is 65.2 Å². The molecule has 4 N–H and O–H groups in total. The van der Waals surface area contributed by atoms with Crippen molar-refractivity contribution in [1.82, 2.24) is 15.5 Å². The van der Waals surface area contributed by atoms with E-state index in [-0.39, 0.29) is 95.3 Å². The van der Waals surface area contributed by atoms with Crippen LogP contribution in [0.2, 0.25) is 0 Å². The summed E-state index contributed by atoms with van der Waals surface area (Å²) in [7, 11) is 1.16. The second-order valence-electron chi connectivity index (χ2n) is 8.28. The van der Waals surface area contributed by atoms with Crippen LogP contribution in [0.25, 0.3) is 0 Å². The molecule has 1 aromatic carbocycles. The fourth-order valence-corrected chi connectivity index (χ4v) is 5.44. The molecule has 1 fully saturated rings. The third-order valence-corrected chi connectivity index (χ3v) is 7.24. The molecule has 0 bridgehead atoms. The smallest absolute Gasteiger partial charge is 0.548 e. The monoisotopic (exact) mass is 594 g/mol. The van der Waals surface area contributed by atoms with Gasteiger partial charge in [0.05, 0.1) is 23.7 Å². The molecular weight excluding hydrogens is 570 g/mol. The van der Waals surface area contributed by atoms with Crippen molar-refractivity contribution in [2.24, 2.45) is 5.73 Å². The zero-order valence-corrected chi connectivity index (χ0v) is 26.9. The molecule has 2 aliphatic rings. The van der Waals surface area contributed by atoms with Crippen LogP contribution in [-0.4, -0.2) is 77.3 Å². The van der Waals surface area contributed by atoms with Crippen LogP contribution in [0.1, 0.15) is 29.6 Å². The first-order chi connectivity index (χ1) is 18.0. The molecule has 1 aromatic rings. The number of ether oxygens (including phenoxy) is 2. The Bertz CT molecular complexity index is 1190. The van der Waals surface area contributed by atoms with Gasteiger partial charge in [0.1, 0.15) is 12.0 Å². The molecule has 40 heavy (non-hydrogen) atoms. The number of primary amides is 1. The van der Waals surface area contributed by atoms with Gasteiger partial charge in [-0.05, 0) is 25.0 Å². The number of nitrogens with two attached hydrogens (primary N) is 1. The number of β-lactam (4-membered cyclic amide) rings is 1. The Balaban J connectivity index is 0.00000400. The molecule has 1 unspecified atom stereocenters. The number of fused-ring (bicyclic) bond motifs is 1. The van der Waals surface area contributed by atoms with Crippen LogP contribution < -0.4 is 85.7 Å². The maximum Gasteiger partial charge on any atom is 1.00 e. The quantitative estimate of drug-likeness (QED) is 0.117. The number of nitrogens with one attached hydrogen (secondary N) is 2. The minimum absolute atomic E-state index is 0. The van der Waals surface area contributed by atoms with E-state index in [1.165, 1.54) is 12.1 Å². The second kappa shape index (κ2) is 15.8. The van der Waals surface area contributed by atoms with E-state index in [1.54, 1.807) is 18.2 Å². The van der Waals surface area contributed by atoms with Crippen molar-refractivity contribution in [3.8, 4) is 0 Å². The third kappa shape index (κ3) is 8.00. The molecule has 0 spiro atoms. The van der Waals surface area contributed by atoms with Crippen molar-refractivity contribution >= 4 is 47.5 Å². The molecule has 0 radical (unpaired) electrons. The molecular formula is C23H24N4Na2O10S. The summed E-state index contributed by atoms with van der Waals surface area (Å²) >= 11 is 1.06. The van der Waals surface area contributed by atoms with E-state index >= 15 is 0 Å². The Labute approximate surface area is 277 Å². The van der Waals surface area contributed by atoms with Crippen molar-refractivity contribution in [2.75, 3.05) is 19.5 Å². The molecule has 17 heteroatoms. The first kappa shape index (κ1) is 35.9. The maximum absolute atomic E-state index is 13.0. The van der Waals surface area contributed by atoms with Crippen molar-refractivity contribution < 1.29 is 108 Å². The van der Waals surface area contributed by atoms with Crippen molar-refractivity contribution in [3.63, 3.8) is 0 Å². The molecule has 0 aliphatic carbocycles. The van der Waals surface area contributed by atoms with Gasteiger partial charge in [-0.15, -0.1) is 11.8 Å². The first-order valence-electron chi connectivity index (χ1n) is 11.3. The second-order valence-corrected chi connectivity index (χ2v) is 9.35. The Hall–Kier alpha value is -2.11. The number of nitrogens with zero attached hydrogens (tertiary/aromatic N) is 1. The Morgan fingerprint density at radius 3 is 2.38 bits per heavy atom. The van der Waals surface area contributed by atoms with Crippen LogP contribution in [0.3, 0.4) is 0 Å². The van der Waals surface area contributed by atoms with Gasteiger partial charge in [-0.3, -0.25) is 19.3 Å². The van der Waals surface area contributed by atoms with Gasteiger partial charge < -0.3 is 45.6 Å². The van der Waals surface area contributed by atoms with E-state index in [0.29, 0.717) is 0 Å². The van der Waals surface area contributed by atoms with Crippen LogP contribution in [0.4, 0.5) is 4.79 Å². The normalized spacial score (nSPS) is 20.0. The average molecular weight is 595 g/mol. The zero-order chi connectivity index (χ0) is 28.0. The van der Waals surface area contributed by atoms with Crippen LogP contribution in [-0.2, 0) is 28.7 Å². The fourth-order valence-electron chi connectivity index (χ4n) is 4.02. The molecule has 2 aliphatic heterocycles. The summed E-state index contributed by atoms with van der Waals surface area (Å²) in [5.74, 6) is -5.37. The SMILES string of the molecule is CO[C@@]1(NC(=O)CCCC(NC(=O)c2ccccc2)C(=O)[O-])C(=O)N2C(C(=O)[O-])=C(COC(N)=O)CS[C@H]21.[Na+].[Na+]. The molecule has 3 rings (SSSR count). The average Bonchev–Trinajstić information content (AvgIpc) is 2.89. The van der Waals surface area contributed by atoms with Crippen LogP contribution in [0, 0.1) is 0 Å². The van der Waals surface area contributed by atoms with E-state index in [1.807, 2.05) is 0 Å². The number of methoxy groups -OCH3 is 1. The first-order valence-corrected chi connectivity index (χ1v) is 12.3. The van der Waals surface area contributed by atoms with E-state index in [2.05, 4.69) is 15.4 Å². The summed E-state index contributed by atoms with van der Waals surface area (Å²) in [5.41, 5.74) is 2.87. The van der Waals surface area contributed by atoms with Crippen LogP contribution >= 0.6 is 11.8 Å². The summed E-state index contributed by atoms with van der Waals surface area (Å²) < 4.78 is 9.95. The van der Waals surface area contributed by atoms with Gasteiger partial charge in [-0.2, -0.15) is 0 Å². The molecule has 14 nitrogen and oxygen atoms in total. The van der Waals surface area contributed by atoms with Gasteiger partial charge in [0.15, 0.2) is 0 Å². The third-order valence-electron chi connectivity index (χ3n) is 5.86. The molecule has 0 saturated carbocycles. The summed E-state index contributed by atoms with van der Waals surface area (Å²) in [4.78, 5) is 72.9.